The highest BCUT2D eigenvalue weighted by molar-refractivity contribution is 5.68. The van der Waals surface area contributed by atoms with E-state index >= 15 is 0 Å². The van der Waals surface area contributed by atoms with Gasteiger partial charge in [-0.3, -0.25) is 0 Å². The van der Waals surface area contributed by atoms with E-state index in [1.54, 1.807) is 13.4 Å². The van der Waals surface area contributed by atoms with Gasteiger partial charge in [0, 0.05) is 5.56 Å². The summed E-state index contributed by atoms with van der Waals surface area (Å²) >= 11 is 0. The number of furan rings is 1. The topological polar surface area (TPSA) is 40.2 Å². The SMILES string of the molecule is COc1ccc(-c2cc(-c3ccco3)n(-c3ccccc3)n2)cc1. The van der Waals surface area contributed by atoms with Crippen molar-refractivity contribution in [3.05, 3.63) is 79.1 Å². The summed E-state index contributed by atoms with van der Waals surface area (Å²) in [6.07, 6.45) is 1.67. The van der Waals surface area contributed by atoms with Crippen LogP contribution in [0.1, 0.15) is 0 Å². The summed E-state index contributed by atoms with van der Waals surface area (Å²) in [5.41, 5.74) is 3.81. The molecule has 0 unspecified atom stereocenters. The van der Waals surface area contributed by atoms with Gasteiger partial charge in [-0.1, -0.05) is 18.2 Å². The number of rotatable bonds is 4. The molecule has 2 aromatic carbocycles. The highest BCUT2D eigenvalue weighted by Crippen LogP contribution is 2.29. The Balaban J connectivity index is 1.85. The van der Waals surface area contributed by atoms with E-state index in [9.17, 15) is 0 Å². The van der Waals surface area contributed by atoms with E-state index in [0.29, 0.717) is 0 Å². The molecule has 0 saturated carbocycles. The molecule has 0 aliphatic carbocycles. The van der Waals surface area contributed by atoms with Crippen LogP contribution in [0.5, 0.6) is 5.75 Å². The zero-order valence-corrected chi connectivity index (χ0v) is 13.2. The van der Waals surface area contributed by atoms with E-state index in [2.05, 4.69) is 0 Å². The van der Waals surface area contributed by atoms with Crippen LogP contribution in [0.25, 0.3) is 28.4 Å². The van der Waals surface area contributed by atoms with Crippen LogP contribution in [0, 0.1) is 0 Å². The number of nitrogens with zero attached hydrogens (tertiary/aromatic N) is 2. The molecule has 2 aromatic heterocycles. The molecule has 0 atom stereocenters. The van der Waals surface area contributed by atoms with Gasteiger partial charge in [0.2, 0.25) is 0 Å². The van der Waals surface area contributed by atoms with Crippen molar-refractivity contribution < 1.29 is 9.15 Å². The van der Waals surface area contributed by atoms with Gasteiger partial charge in [0.15, 0.2) is 5.76 Å². The van der Waals surface area contributed by atoms with Crippen molar-refractivity contribution in [2.24, 2.45) is 0 Å². The van der Waals surface area contributed by atoms with Crippen LogP contribution in [0.2, 0.25) is 0 Å². The first kappa shape index (κ1) is 14.3. The van der Waals surface area contributed by atoms with Crippen molar-refractivity contribution >= 4 is 0 Å². The Hall–Kier alpha value is -3.27. The summed E-state index contributed by atoms with van der Waals surface area (Å²) < 4.78 is 12.7. The van der Waals surface area contributed by atoms with E-state index in [1.165, 1.54) is 0 Å². The Bertz CT molecular complexity index is 924. The standard InChI is InChI=1S/C20H16N2O2/c1-23-17-11-9-15(10-12-17)18-14-19(20-8-5-13-24-20)22(21-18)16-6-3-2-4-7-16/h2-14H,1H3. The van der Waals surface area contributed by atoms with Crippen LogP contribution in [-0.2, 0) is 0 Å². The molecule has 24 heavy (non-hydrogen) atoms. The number of ether oxygens (including phenoxy) is 1. The van der Waals surface area contributed by atoms with Crippen molar-refractivity contribution in [1.82, 2.24) is 9.78 Å². The van der Waals surface area contributed by atoms with Crippen molar-refractivity contribution in [2.45, 2.75) is 0 Å². The minimum absolute atomic E-state index is 0.783. The first-order valence-corrected chi connectivity index (χ1v) is 7.69. The van der Waals surface area contributed by atoms with E-state index in [1.807, 2.05) is 77.5 Å². The van der Waals surface area contributed by atoms with Gasteiger partial charge in [-0.25, -0.2) is 4.68 Å². The van der Waals surface area contributed by atoms with Gasteiger partial charge < -0.3 is 9.15 Å². The fourth-order valence-corrected chi connectivity index (χ4v) is 2.65. The third-order valence-corrected chi connectivity index (χ3v) is 3.87. The fraction of sp³-hybridized carbons (Fsp3) is 0.0500. The minimum Gasteiger partial charge on any atom is -0.497 e. The molecule has 4 nitrogen and oxygen atoms in total. The van der Waals surface area contributed by atoms with Crippen LogP contribution in [-0.4, -0.2) is 16.9 Å². The summed E-state index contributed by atoms with van der Waals surface area (Å²) in [7, 11) is 1.66. The Morgan fingerprint density at radius 2 is 1.71 bits per heavy atom. The second kappa shape index (κ2) is 6.08. The molecule has 0 N–H and O–H groups in total. The lowest BCUT2D eigenvalue weighted by molar-refractivity contribution is 0.415. The number of hydrogen-bond acceptors (Lipinski definition) is 3. The van der Waals surface area contributed by atoms with Gasteiger partial charge in [-0.15, -0.1) is 0 Å². The molecular formula is C20H16N2O2. The largest absolute Gasteiger partial charge is 0.497 e. The van der Waals surface area contributed by atoms with Gasteiger partial charge in [0.25, 0.3) is 0 Å². The zero-order valence-electron chi connectivity index (χ0n) is 13.2. The predicted octanol–water partition coefficient (Wildman–Crippen LogP) is 4.81. The quantitative estimate of drug-likeness (QED) is 0.542. The minimum atomic E-state index is 0.783. The monoisotopic (exact) mass is 316 g/mol. The number of para-hydroxylation sites is 1. The van der Waals surface area contributed by atoms with Gasteiger partial charge >= 0.3 is 0 Å². The van der Waals surface area contributed by atoms with Gasteiger partial charge in [0.05, 0.1) is 24.8 Å². The van der Waals surface area contributed by atoms with Gasteiger partial charge in [-0.2, -0.15) is 5.10 Å². The molecule has 4 heteroatoms. The average molecular weight is 316 g/mol. The predicted molar refractivity (Wildman–Crippen MR) is 93.3 cm³/mol. The number of benzene rings is 2. The van der Waals surface area contributed by atoms with Crippen molar-refractivity contribution in [3.63, 3.8) is 0 Å². The summed E-state index contributed by atoms with van der Waals surface area (Å²) in [5.74, 6) is 1.61. The van der Waals surface area contributed by atoms with Crippen LogP contribution in [0.4, 0.5) is 0 Å². The van der Waals surface area contributed by atoms with Crippen LogP contribution < -0.4 is 4.74 Å². The molecule has 0 fully saturated rings. The molecule has 118 valence electrons. The number of aromatic nitrogens is 2. The smallest absolute Gasteiger partial charge is 0.152 e. The van der Waals surface area contributed by atoms with Crippen LogP contribution in [0.15, 0.2) is 83.5 Å². The highest BCUT2D eigenvalue weighted by Gasteiger charge is 2.14. The van der Waals surface area contributed by atoms with Gasteiger partial charge in [0.1, 0.15) is 11.4 Å². The molecule has 4 aromatic rings. The normalized spacial score (nSPS) is 10.7. The first-order chi connectivity index (χ1) is 11.8. The van der Waals surface area contributed by atoms with Gasteiger partial charge in [-0.05, 0) is 54.6 Å². The van der Waals surface area contributed by atoms with Crippen LogP contribution in [0.3, 0.4) is 0 Å². The molecule has 0 spiro atoms. The van der Waals surface area contributed by atoms with E-state index < -0.39 is 0 Å². The molecule has 0 bridgehead atoms. The highest BCUT2D eigenvalue weighted by atomic mass is 16.5. The van der Waals surface area contributed by atoms with E-state index in [4.69, 9.17) is 14.3 Å². The number of hydrogen-bond donors (Lipinski definition) is 0. The first-order valence-electron chi connectivity index (χ1n) is 7.69. The lowest BCUT2D eigenvalue weighted by atomic mass is 10.1. The van der Waals surface area contributed by atoms with E-state index in [-0.39, 0.29) is 0 Å². The molecule has 2 heterocycles. The molecular weight excluding hydrogens is 300 g/mol. The average Bonchev–Trinajstić information content (AvgIpc) is 3.32. The lowest BCUT2D eigenvalue weighted by Crippen LogP contribution is -1.98. The zero-order chi connectivity index (χ0) is 16.4. The second-order valence-corrected chi connectivity index (χ2v) is 5.37. The summed E-state index contributed by atoms with van der Waals surface area (Å²) in [6, 6.07) is 23.8. The summed E-state index contributed by atoms with van der Waals surface area (Å²) in [5, 5.41) is 4.78. The Kier molecular flexibility index (Phi) is 3.63. The van der Waals surface area contributed by atoms with Crippen molar-refractivity contribution in [3.8, 4) is 34.1 Å². The molecule has 0 aliphatic rings. The van der Waals surface area contributed by atoms with E-state index in [0.717, 1.165) is 34.1 Å². The maximum absolute atomic E-state index is 5.59. The molecule has 0 amide bonds. The summed E-state index contributed by atoms with van der Waals surface area (Å²) in [6.45, 7) is 0. The Morgan fingerprint density at radius 1 is 0.917 bits per heavy atom. The van der Waals surface area contributed by atoms with Crippen molar-refractivity contribution in [1.29, 1.82) is 0 Å². The van der Waals surface area contributed by atoms with Crippen molar-refractivity contribution in [2.75, 3.05) is 7.11 Å². The fourth-order valence-electron chi connectivity index (χ4n) is 2.65. The molecule has 4 rings (SSSR count). The third kappa shape index (κ3) is 2.58. The van der Waals surface area contributed by atoms with Crippen LogP contribution >= 0.6 is 0 Å². The molecule has 0 aliphatic heterocycles. The third-order valence-electron chi connectivity index (χ3n) is 3.87. The Morgan fingerprint density at radius 3 is 2.38 bits per heavy atom. The Labute approximate surface area is 139 Å². The lowest BCUT2D eigenvalue weighted by Gasteiger charge is -2.05. The molecule has 0 saturated heterocycles. The second-order valence-electron chi connectivity index (χ2n) is 5.37. The number of methoxy groups -OCH3 is 1. The maximum Gasteiger partial charge on any atom is 0.152 e. The molecule has 0 radical (unpaired) electrons. The maximum atomic E-state index is 5.59. The summed E-state index contributed by atoms with van der Waals surface area (Å²) in [4.78, 5) is 0.